The van der Waals surface area contributed by atoms with Gasteiger partial charge in [0.2, 0.25) is 5.91 Å². The number of ether oxygens (including phenoxy) is 3. The van der Waals surface area contributed by atoms with E-state index < -0.39 is 12.1 Å². The van der Waals surface area contributed by atoms with E-state index >= 15 is 0 Å². The Kier molecular flexibility index (Phi) is 6.93. The molecular weight excluding hydrogens is 482 g/mol. The van der Waals surface area contributed by atoms with Gasteiger partial charge in [0.15, 0.2) is 5.75 Å². The van der Waals surface area contributed by atoms with E-state index in [9.17, 15) is 14.7 Å². The number of nitrogens with zero attached hydrogens (tertiary/aromatic N) is 1. The van der Waals surface area contributed by atoms with E-state index in [1.807, 2.05) is 40.0 Å². The van der Waals surface area contributed by atoms with E-state index in [0.29, 0.717) is 40.8 Å². The summed E-state index contributed by atoms with van der Waals surface area (Å²) in [6, 6.07) is 7.29. The highest BCUT2D eigenvalue weighted by Gasteiger charge is 2.53. The second-order valence-electron chi connectivity index (χ2n) is 12.0. The fraction of sp³-hybridized carbons (Fsp3) is 0.548. The molecular formula is C31H39NO6. The van der Waals surface area contributed by atoms with Gasteiger partial charge in [0.25, 0.3) is 0 Å². The molecule has 0 saturated heterocycles. The van der Waals surface area contributed by atoms with Gasteiger partial charge in [-0.1, -0.05) is 27.2 Å². The first kappa shape index (κ1) is 26.5. The van der Waals surface area contributed by atoms with Gasteiger partial charge in [0.05, 0.1) is 24.3 Å². The number of hydrogen-bond acceptors (Lipinski definition) is 6. The lowest BCUT2D eigenvalue weighted by atomic mass is 9.73. The first-order chi connectivity index (χ1) is 18.0. The summed E-state index contributed by atoms with van der Waals surface area (Å²) in [4.78, 5) is 28.9. The minimum atomic E-state index is -0.801. The Morgan fingerprint density at radius 3 is 2.66 bits per heavy atom. The number of aliphatic hydroxyl groups is 1. The van der Waals surface area contributed by atoms with Crippen LogP contribution in [0.2, 0.25) is 0 Å². The van der Waals surface area contributed by atoms with Crippen LogP contribution in [0.4, 0.5) is 5.69 Å². The second-order valence-corrected chi connectivity index (χ2v) is 12.0. The van der Waals surface area contributed by atoms with Crippen molar-refractivity contribution in [2.24, 2.45) is 23.2 Å². The van der Waals surface area contributed by atoms with Crippen molar-refractivity contribution >= 4 is 17.6 Å². The molecule has 7 heteroatoms. The third kappa shape index (κ3) is 4.45. The Balaban J connectivity index is 1.57. The van der Waals surface area contributed by atoms with Crippen molar-refractivity contribution in [2.45, 2.75) is 72.5 Å². The molecule has 2 saturated carbocycles. The van der Waals surface area contributed by atoms with Gasteiger partial charge in [0.1, 0.15) is 23.7 Å². The molecule has 2 bridgehead atoms. The van der Waals surface area contributed by atoms with Crippen LogP contribution in [0.3, 0.4) is 0 Å². The molecule has 0 spiro atoms. The van der Waals surface area contributed by atoms with Gasteiger partial charge in [-0.15, -0.1) is 0 Å². The smallest absolute Gasteiger partial charge is 0.346 e. The number of methoxy groups -OCH3 is 1. The normalized spacial score (nSPS) is 24.6. The van der Waals surface area contributed by atoms with Crippen molar-refractivity contribution in [1.29, 1.82) is 0 Å². The molecule has 4 unspecified atom stereocenters. The van der Waals surface area contributed by atoms with Crippen molar-refractivity contribution in [1.82, 2.24) is 0 Å². The number of rotatable bonds is 6. The van der Waals surface area contributed by atoms with Crippen LogP contribution < -0.4 is 14.4 Å². The molecule has 0 radical (unpaired) electrons. The van der Waals surface area contributed by atoms with E-state index in [0.717, 1.165) is 24.8 Å². The van der Waals surface area contributed by atoms with Crippen molar-refractivity contribution in [3.63, 3.8) is 0 Å². The van der Waals surface area contributed by atoms with E-state index in [-0.39, 0.29) is 40.9 Å². The summed E-state index contributed by atoms with van der Waals surface area (Å²) >= 11 is 0. The van der Waals surface area contributed by atoms with Crippen LogP contribution in [0, 0.1) is 30.1 Å². The predicted molar refractivity (Wildman–Crippen MR) is 145 cm³/mol. The van der Waals surface area contributed by atoms with E-state index in [1.165, 1.54) is 13.5 Å². The fourth-order valence-corrected chi connectivity index (χ4v) is 6.90. The van der Waals surface area contributed by atoms with Gasteiger partial charge in [-0.3, -0.25) is 4.79 Å². The van der Waals surface area contributed by atoms with Crippen molar-refractivity contribution in [3.8, 4) is 17.2 Å². The van der Waals surface area contributed by atoms with Crippen LogP contribution in [0.25, 0.3) is 0 Å². The molecule has 2 aromatic rings. The summed E-state index contributed by atoms with van der Waals surface area (Å²) in [5, 5.41) is 10.8. The van der Waals surface area contributed by atoms with Crippen LogP contribution in [0.15, 0.2) is 24.3 Å². The molecule has 5 rings (SSSR count). The van der Waals surface area contributed by atoms with Gasteiger partial charge in [-0.05, 0) is 80.2 Å². The largest absolute Gasteiger partial charge is 0.495 e. The van der Waals surface area contributed by atoms with Gasteiger partial charge >= 0.3 is 5.97 Å². The highest BCUT2D eigenvalue weighted by Crippen LogP contribution is 2.57. The monoisotopic (exact) mass is 521 g/mol. The number of aliphatic hydroxyl groups excluding tert-OH is 1. The lowest BCUT2D eigenvalue weighted by Gasteiger charge is -2.37. The molecule has 7 nitrogen and oxygen atoms in total. The molecule has 2 aromatic carbocycles. The SMILES string of the molecule is COc1c(C(O)CC(C)C)ccc2c1C(=O)OCc1cc(C)cc(N(C)C(=O)C3(C)CC4CCC3C4)c1O2. The average molecular weight is 522 g/mol. The minimum Gasteiger partial charge on any atom is -0.495 e. The van der Waals surface area contributed by atoms with Crippen LogP contribution in [-0.2, 0) is 16.1 Å². The summed E-state index contributed by atoms with van der Waals surface area (Å²) < 4.78 is 17.8. The zero-order chi connectivity index (χ0) is 27.4. The number of carbonyl (C=O) groups excluding carboxylic acids is 2. The Morgan fingerprint density at radius 1 is 1.26 bits per heavy atom. The Morgan fingerprint density at radius 2 is 2.03 bits per heavy atom. The number of cyclic esters (lactones) is 1. The van der Waals surface area contributed by atoms with Crippen molar-refractivity contribution in [3.05, 3.63) is 46.5 Å². The highest BCUT2D eigenvalue weighted by molar-refractivity contribution is 6.00. The maximum Gasteiger partial charge on any atom is 0.346 e. The molecule has 2 aliphatic carbocycles. The molecule has 3 aliphatic rings. The Labute approximate surface area is 225 Å². The fourth-order valence-electron chi connectivity index (χ4n) is 6.90. The second kappa shape index (κ2) is 9.92. The summed E-state index contributed by atoms with van der Waals surface area (Å²) in [7, 11) is 3.29. The van der Waals surface area contributed by atoms with E-state index in [4.69, 9.17) is 14.2 Å². The molecule has 1 heterocycles. The molecule has 38 heavy (non-hydrogen) atoms. The van der Waals surface area contributed by atoms with Crippen LogP contribution in [0.1, 0.15) is 86.0 Å². The zero-order valence-electron chi connectivity index (χ0n) is 23.3. The molecule has 1 N–H and O–H groups in total. The number of carbonyl (C=O) groups is 2. The average Bonchev–Trinajstić information content (AvgIpc) is 3.47. The molecule has 204 valence electrons. The Hall–Kier alpha value is -3.06. The number of fused-ring (bicyclic) bond motifs is 4. The molecule has 2 fully saturated rings. The standard InChI is InChI=1S/C31H39NO6/c1-17(2)11-24(33)22-9-10-25-26(28(22)36-6)29(34)37-16-20-12-18(3)13-23(27(20)38-25)32(5)30(35)31(4)15-19-7-8-21(31)14-19/h9-10,12-13,17,19,21,24,33H,7-8,11,14-16H2,1-6H3. The maximum atomic E-state index is 14.0. The number of esters is 1. The lowest BCUT2D eigenvalue weighted by Crippen LogP contribution is -2.43. The van der Waals surface area contributed by atoms with Gasteiger partial charge in [0, 0.05) is 18.2 Å². The molecule has 1 amide bonds. The van der Waals surface area contributed by atoms with Crippen LogP contribution in [0.5, 0.6) is 17.2 Å². The summed E-state index contributed by atoms with van der Waals surface area (Å²) in [5.74, 6) is 1.83. The number of amides is 1. The van der Waals surface area contributed by atoms with Crippen LogP contribution in [-0.4, -0.2) is 31.1 Å². The van der Waals surface area contributed by atoms with E-state index in [1.54, 1.807) is 17.0 Å². The number of anilines is 1. The first-order valence-electron chi connectivity index (χ1n) is 13.7. The summed E-state index contributed by atoms with van der Waals surface area (Å²) in [6.07, 6.45) is 4.10. The van der Waals surface area contributed by atoms with Crippen LogP contribution >= 0.6 is 0 Å². The van der Waals surface area contributed by atoms with Crippen molar-refractivity contribution in [2.75, 3.05) is 19.1 Å². The predicted octanol–water partition coefficient (Wildman–Crippen LogP) is 6.33. The van der Waals surface area contributed by atoms with Gasteiger partial charge in [-0.25, -0.2) is 4.79 Å². The molecule has 0 aromatic heterocycles. The molecule has 1 aliphatic heterocycles. The molecule has 4 atom stereocenters. The Bertz CT molecular complexity index is 1270. The number of benzene rings is 2. The topological polar surface area (TPSA) is 85.3 Å². The van der Waals surface area contributed by atoms with Gasteiger partial charge in [-0.2, -0.15) is 0 Å². The van der Waals surface area contributed by atoms with Gasteiger partial charge < -0.3 is 24.2 Å². The first-order valence-corrected chi connectivity index (χ1v) is 13.7. The summed E-state index contributed by atoms with van der Waals surface area (Å²) in [6.45, 7) is 8.11. The third-order valence-electron chi connectivity index (χ3n) is 8.78. The minimum absolute atomic E-state index is 0.00574. The van der Waals surface area contributed by atoms with E-state index in [2.05, 4.69) is 6.92 Å². The number of hydrogen-bond donors (Lipinski definition) is 1. The number of aryl methyl sites for hydroxylation is 1. The summed E-state index contributed by atoms with van der Waals surface area (Å²) in [5.41, 5.74) is 2.56. The zero-order valence-corrected chi connectivity index (χ0v) is 23.3. The lowest BCUT2D eigenvalue weighted by molar-refractivity contribution is -0.129. The van der Waals surface area contributed by atoms with Crippen molar-refractivity contribution < 1.29 is 28.9 Å². The maximum absolute atomic E-state index is 14.0. The quantitative estimate of drug-likeness (QED) is 0.447. The highest BCUT2D eigenvalue weighted by atomic mass is 16.5. The third-order valence-corrected chi connectivity index (χ3v) is 8.78.